The largest absolute Gasteiger partial charge is 0.460 e. The summed E-state index contributed by atoms with van der Waals surface area (Å²) in [7, 11) is 0. The number of carbonyl (C=O) groups is 1. The van der Waals surface area contributed by atoms with Crippen molar-refractivity contribution in [1.82, 2.24) is 0 Å². The van der Waals surface area contributed by atoms with Crippen LogP contribution in [0.15, 0.2) is 12.7 Å². The highest BCUT2D eigenvalue weighted by Crippen LogP contribution is 2.12. The second-order valence-electron chi connectivity index (χ2n) is 4.91. The molecule has 0 radical (unpaired) electrons. The van der Waals surface area contributed by atoms with Crippen molar-refractivity contribution in [3.05, 3.63) is 12.7 Å². The maximum Gasteiger partial charge on any atom is 0.330 e. The summed E-state index contributed by atoms with van der Waals surface area (Å²) in [4.78, 5) is 10.8. The molecule has 20 heavy (non-hydrogen) atoms. The molecule has 0 aromatic carbocycles. The molecule has 0 amide bonds. The van der Waals surface area contributed by atoms with Gasteiger partial charge in [-0.3, -0.25) is 0 Å². The predicted octanol–water partition coefficient (Wildman–Crippen LogP) is 0.130. The zero-order chi connectivity index (χ0) is 15.5. The lowest BCUT2D eigenvalue weighted by molar-refractivity contribution is -0.141. The van der Waals surface area contributed by atoms with E-state index in [1.54, 1.807) is 0 Å². The van der Waals surface area contributed by atoms with Gasteiger partial charge in [0.15, 0.2) is 0 Å². The van der Waals surface area contributed by atoms with E-state index in [2.05, 4.69) is 11.3 Å². The van der Waals surface area contributed by atoms with Crippen molar-refractivity contribution in [3.63, 3.8) is 0 Å². The van der Waals surface area contributed by atoms with Crippen LogP contribution in [0.1, 0.15) is 39.0 Å². The minimum Gasteiger partial charge on any atom is -0.460 e. The van der Waals surface area contributed by atoms with Crippen LogP contribution in [-0.2, 0) is 9.53 Å². The van der Waals surface area contributed by atoms with Crippen LogP contribution in [0.2, 0.25) is 0 Å². The van der Waals surface area contributed by atoms with E-state index < -0.39 is 30.4 Å². The lowest BCUT2D eigenvalue weighted by Crippen LogP contribution is -2.25. The first kappa shape index (κ1) is 19.1. The van der Waals surface area contributed by atoms with Gasteiger partial charge in [-0.2, -0.15) is 0 Å². The van der Waals surface area contributed by atoms with Gasteiger partial charge in [0.25, 0.3) is 0 Å². The van der Waals surface area contributed by atoms with E-state index in [1.165, 1.54) is 0 Å². The first-order valence-corrected chi connectivity index (χ1v) is 6.90. The normalized spacial score (nSPS) is 17.1. The number of carbonyl (C=O) groups excluding carboxylic acids is 1. The van der Waals surface area contributed by atoms with Gasteiger partial charge in [0.1, 0.15) is 6.61 Å². The molecule has 0 saturated heterocycles. The van der Waals surface area contributed by atoms with Gasteiger partial charge in [0.2, 0.25) is 0 Å². The summed E-state index contributed by atoms with van der Waals surface area (Å²) in [6.45, 7) is 4.86. The van der Waals surface area contributed by atoms with E-state index in [-0.39, 0.29) is 19.4 Å². The van der Waals surface area contributed by atoms with Crippen LogP contribution in [-0.4, -0.2) is 57.4 Å². The van der Waals surface area contributed by atoms with Crippen molar-refractivity contribution in [3.8, 4) is 0 Å². The first-order valence-electron chi connectivity index (χ1n) is 6.90. The zero-order valence-electron chi connectivity index (χ0n) is 11.9. The van der Waals surface area contributed by atoms with E-state index in [1.807, 2.05) is 6.92 Å². The van der Waals surface area contributed by atoms with E-state index in [9.17, 15) is 25.2 Å². The molecule has 0 aromatic rings. The summed E-state index contributed by atoms with van der Waals surface area (Å²) in [5, 5.41) is 38.2. The van der Waals surface area contributed by atoms with Crippen LogP contribution in [0.4, 0.5) is 0 Å². The summed E-state index contributed by atoms with van der Waals surface area (Å²) in [6.07, 6.45) is -0.377. The van der Waals surface area contributed by atoms with Gasteiger partial charge >= 0.3 is 5.97 Å². The molecule has 0 bridgehead atoms. The minimum atomic E-state index is -0.952. The predicted molar refractivity (Wildman–Crippen MR) is 73.9 cm³/mol. The van der Waals surface area contributed by atoms with Crippen LogP contribution in [0, 0.1) is 0 Å². The maximum absolute atomic E-state index is 10.8. The Bertz CT molecular complexity index is 281. The Hall–Kier alpha value is -0.950. The van der Waals surface area contributed by atoms with Crippen LogP contribution in [0.25, 0.3) is 0 Å². The molecule has 0 fully saturated rings. The molecule has 0 aliphatic rings. The van der Waals surface area contributed by atoms with Crippen molar-refractivity contribution >= 4 is 5.97 Å². The van der Waals surface area contributed by atoms with Crippen molar-refractivity contribution in [2.24, 2.45) is 0 Å². The Morgan fingerprint density at radius 3 is 2.00 bits per heavy atom. The van der Waals surface area contributed by atoms with Gasteiger partial charge in [0, 0.05) is 12.5 Å². The Morgan fingerprint density at radius 1 is 1.05 bits per heavy atom. The third-order valence-corrected chi connectivity index (χ3v) is 2.98. The smallest absolute Gasteiger partial charge is 0.330 e. The molecule has 6 nitrogen and oxygen atoms in total. The summed E-state index contributed by atoms with van der Waals surface area (Å²) >= 11 is 0. The van der Waals surface area contributed by atoms with E-state index in [0.29, 0.717) is 19.3 Å². The zero-order valence-corrected chi connectivity index (χ0v) is 11.9. The first-order chi connectivity index (χ1) is 9.38. The summed E-state index contributed by atoms with van der Waals surface area (Å²) in [5.41, 5.74) is 0. The fourth-order valence-electron chi connectivity index (χ4n) is 1.72. The standard InChI is InChI=1S/C14H26O6/c1-3-10(15)7-11(16)5-6-12(17)8-13(18)9-20-14(19)4-2/h4,10-13,15-18H,2-3,5-9H2,1H3. The number of aliphatic hydroxyl groups excluding tert-OH is 4. The molecular formula is C14H26O6. The SMILES string of the molecule is C=CC(=O)OCC(O)CC(O)CCC(O)CC(O)CC. The number of rotatable bonds is 11. The summed E-state index contributed by atoms with van der Waals surface area (Å²) < 4.78 is 4.65. The van der Waals surface area contributed by atoms with Crippen LogP contribution < -0.4 is 0 Å². The number of ether oxygens (including phenoxy) is 1. The second-order valence-corrected chi connectivity index (χ2v) is 4.91. The third-order valence-electron chi connectivity index (χ3n) is 2.98. The monoisotopic (exact) mass is 290 g/mol. The van der Waals surface area contributed by atoms with Gasteiger partial charge in [-0.05, 0) is 25.7 Å². The average Bonchev–Trinajstić information content (AvgIpc) is 2.42. The Labute approximate surface area is 119 Å². The highest BCUT2D eigenvalue weighted by molar-refractivity contribution is 5.81. The molecule has 6 heteroatoms. The molecule has 4 unspecified atom stereocenters. The van der Waals surface area contributed by atoms with Gasteiger partial charge in [-0.15, -0.1) is 0 Å². The Morgan fingerprint density at radius 2 is 1.55 bits per heavy atom. The maximum atomic E-state index is 10.8. The fraction of sp³-hybridized carbons (Fsp3) is 0.786. The number of hydrogen-bond donors (Lipinski definition) is 4. The van der Waals surface area contributed by atoms with Gasteiger partial charge < -0.3 is 25.2 Å². The highest BCUT2D eigenvalue weighted by atomic mass is 16.5. The van der Waals surface area contributed by atoms with Crippen LogP contribution in [0.5, 0.6) is 0 Å². The molecule has 0 saturated carbocycles. The molecular weight excluding hydrogens is 264 g/mol. The number of esters is 1. The van der Waals surface area contributed by atoms with Crippen molar-refractivity contribution < 1.29 is 30.0 Å². The van der Waals surface area contributed by atoms with Crippen LogP contribution >= 0.6 is 0 Å². The van der Waals surface area contributed by atoms with Crippen molar-refractivity contribution in [2.45, 2.75) is 63.4 Å². The van der Waals surface area contributed by atoms with E-state index in [0.717, 1.165) is 6.08 Å². The lowest BCUT2D eigenvalue weighted by atomic mass is 10.0. The molecule has 0 aromatic heterocycles. The topological polar surface area (TPSA) is 107 Å². The highest BCUT2D eigenvalue weighted by Gasteiger charge is 2.16. The number of hydrogen-bond acceptors (Lipinski definition) is 6. The van der Waals surface area contributed by atoms with E-state index in [4.69, 9.17) is 0 Å². The molecule has 0 aliphatic carbocycles. The minimum absolute atomic E-state index is 0.0630. The molecule has 0 rings (SSSR count). The molecule has 0 spiro atoms. The third kappa shape index (κ3) is 9.91. The summed E-state index contributed by atoms with van der Waals surface area (Å²) in [6, 6.07) is 0. The van der Waals surface area contributed by atoms with Gasteiger partial charge in [-0.25, -0.2) is 4.79 Å². The van der Waals surface area contributed by atoms with E-state index >= 15 is 0 Å². The molecule has 118 valence electrons. The molecule has 4 atom stereocenters. The van der Waals surface area contributed by atoms with Gasteiger partial charge in [-0.1, -0.05) is 13.5 Å². The second kappa shape index (κ2) is 10.8. The molecule has 4 N–H and O–H groups in total. The van der Waals surface area contributed by atoms with Crippen molar-refractivity contribution in [1.29, 1.82) is 0 Å². The Kier molecular flexibility index (Phi) is 10.3. The average molecular weight is 290 g/mol. The quantitative estimate of drug-likeness (QED) is 0.318. The Balaban J connectivity index is 3.78. The number of aliphatic hydroxyl groups is 4. The lowest BCUT2D eigenvalue weighted by Gasteiger charge is -2.18. The summed E-state index contributed by atoms with van der Waals surface area (Å²) in [5.74, 6) is -0.623. The molecule has 0 heterocycles. The molecule has 0 aliphatic heterocycles. The van der Waals surface area contributed by atoms with Gasteiger partial charge in [0.05, 0.1) is 24.4 Å². The van der Waals surface area contributed by atoms with Crippen LogP contribution in [0.3, 0.4) is 0 Å². The fourth-order valence-corrected chi connectivity index (χ4v) is 1.72. The van der Waals surface area contributed by atoms with Crippen molar-refractivity contribution in [2.75, 3.05) is 6.61 Å².